The fraction of sp³-hybridized carbons (Fsp3) is 0.345. The summed E-state index contributed by atoms with van der Waals surface area (Å²) in [7, 11) is -1.86. The number of benzene rings is 2. The molecule has 4 N–H and O–H groups in total. The molecule has 0 fully saturated rings. The number of nitrogens with one attached hydrogen (secondary N) is 2. The number of hydrogen-bond acceptors (Lipinski definition) is 6. The van der Waals surface area contributed by atoms with Gasteiger partial charge in [-0.05, 0) is 59.9 Å². The first-order chi connectivity index (χ1) is 18.0. The van der Waals surface area contributed by atoms with E-state index in [1.54, 1.807) is 11.3 Å². The van der Waals surface area contributed by atoms with E-state index in [-0.39, 0.29) is 11.1 Å². The first kappa shape index (κ1) is 27.8. The fourth-order valence-electron chi connectivity index (χ4n) is 3.98. The molecule has 2 amide bonds. The Balaban J connectivity index is 1.54. The smallest absolute Gasteiger partial charge is 0.323 e. The van der Waals surface area contributed by atoms with Crippen molar-refractivity contribution in [2.75, 3.05) is 23.0 Å². The van der Waals surface area contributed by atoms with E-state index < -0.39 is 8.32 Å². The first-order valence-corrected chi connectivity index (χ1v) is 16.6. The molecule has 0 aliphatic heterocycles. The van der Waals surface area contributed by atoms with Crippen molar-refractivity contribution in [2.45, 2.75) is 58.7 Å². The van der Waals surface area contributed by atoms with Crippen molar-refractivity contribution in [3.8, 4) is 11.1 Å². The zero-order chi connectivity index (χ0) is 27.5. The van der Waals surface area contributed by atoms with Crippen LogP contribution in [-0.4, -0.2) is 30.9 Å². The molecule has 0 radical (unpaired) electrons. The predicted octanol–water partition coefficient (Wildman–Crippen LogP) is 7.71. The number of aryl methyl sites for hydroxylation is 1. The van der Waals surface area contributed by atoms with Crippen LogP contribution in [0.15, 0.2) is 54.9 Å². The number of anilines is 3. The Kier molecular flexibility index (Phi) is 8.20. The summed E-state index contributed by atoms with van der Waals surface area (Å²) in [6.07, 6.45) is 3.19. The Bertz CT molecular complexity index is 1430. The summed E-state index contributed by atoms with van der Waals surface area (Å²) >= 11 is 1.63. The van der Waals surface area contributed by atoms with Crippen molar-refractivity contribution in [3.05, 3.63) is 65.3 Å². The average Bonchev–Trinajstić information content (AvgIpc) is 3.23. The van der Waals surface area contributed by atoms with E-state index in [2.05, 4.69) is 61.4 Å². The Hall–Kier alpha value is -3.27. The van der Waals surface area contributed by atoms with Gasteiger partial charge < -0.3 is 20.8 Å². The van der Waals surface area contributed by atoms with Crippen LogP contribution in [0, 0.1) is 0 Å². The van der Waals surface area contributed by atoms with Gasteiger partial charge >= 0.3 is 6.03 Å². The lowest BCUT2D eigenvalue weighted by molar-refractivity contribution is 0.262. The standard InChI is InChI=1S/C29H37N5O2SSi/c1-7-19-9-8-10-22(17-19)34-28(35)33-21-13-11-20(12-14-21)24-23(15-16-36-38(5,6)29(2,3)4)37-27-25(24)26(30)31-18-32-27/h8-14,17-18H,7,15-16H2,1-6H3,(H2,30,31,32)(H2,33,34,35). The van der Waals surface area contributed by atoms with Crippen LogP contribution >= 0.6 is 11.3 Å². The molecule has 0 unspecified atom stereocenters. The number of fused-ring (bicyclic) bond motifs is 1. The van der Waals surface area contributed by atoms with Gasteiger partial charge in [0.1, 0.15) is 17.0 Å². The Morgan fingerprint density at radius 2 is 1.76 bits per heavy atom. The van der Waals surface area contributed by atoms with Crippen LogP contribution < -0.4 is 16.4 Å². The van der Waals surface area contributed by atoms with E-state index >= 15 is 0 Å². The van der Waals surface area contributed by atoms with Crippen LogP contribution in [0.2, 0.25) is 18.1 Å². The monoisotopic (exact) mass is 547 g/mol. The second-order valence-electron chi connectivity index (χ2n) is 10.9. The average molecular weight is 548 g/mol. The molecule has 0 spiro atoms. The molecule has 4 aromatic rings. The maximum Gasteiger partial charge on any atom is 0.323 e. The molecule has 2 aromatic heterocycles. The Labute approximate surface area is 230 Å². The van der Waals surface area contributed by atoms with Gasteiger partial charge in [0.25, 0.3) is 0 Å². The number of rotatable bonds is 8. The molecule has 0 saturated heterocycles. The van der Waals surface area contributed by atoms with Gasteiger partial charge in [-0.25, -0.2) is 14.8 Å². The normalized spacial score (nSPS) is 12.1. The topological polar surface area (TPSA) is 102 Å². The minimum Gasteiger partial charge on any atom is -0.416 e. The van der Waals surface area contributed by atoms with Crippen molar-refractivity contribution in [2.24, 2.45) is 0 Å². The number of carbonyl (C=O) groups excluding carboxylic acids is 1. The third-order valence-electron chi connectivity index (χ3n) is 7.21. The molecule has 7 nitrogen and oxygen atoms in total. The lowest BCUT2D eigenvalue weighted by Gasteiger charge is -2.36. The molecular formula is C29H37N5O2SSi. The van der Waals surface area contributed by atoms with Gasteiger partial charge in [0.05, 0.1) is 5.39 Å². The van der Waals surface area contributed by atoms with Crippen LogP contribution in [0.5, 0.6) is 0 Å². The van der Waals surface area contributed by atoms with Crippen molar-refractivity contribution in [1.82, 2.24) is 9.97 Å². The summed E-state index contributed by atoms with van der Waals surface area (Å²) in [6.45, 7) is 14.0. The number of carbonyl (C=O) groups is 1. The molecule has 9 heteroatoms. The highest BCUT2D eigenvalue weighted by Gasteiger charge is 2.37. The highest BCUT2D eigenvalue weighted by atomic mass is 32.1. The molecule has 2 aromatic carbocycles. The van der Waals surface area contributed by atoms with E-state index in [1.807, 2.05) is 48.5 Å². The third-order valence-corrected chi connectivity index (χ3v) is 12.9. The SMILES string of the molecule is CCc1cccc(NC(=O)Nc2ccc(-c3c(CCO[Si](C)(C)C(C)(C)C)sc4ncnc(N)c34)cc2)c1. The number of urea groups is 1. The largest absolute Gasteiger partial charge is 0.416 e. The van der Waals surface area contributed by atoms with E-state index in [0.717, 1.165) is 39.9 Å². The first-order valence-electron chi connectivity index (χ1n) is 12.9. The number of hydrogen-bond donors (Lipinski definition) is 3. The number of nitrogen functional groups attached to an aromatic ring is 1. The summed E-state index contributed by atoms with van der Waals surface area (Å²) in [5, 5.41) is 6.84. The highest BCUT2D eigenvalue weighted by molar-refractivity contribution is 7.19. The van der Waals surface area contributed by atoms with E-state index in [0.29, 0.717) is 18.1 Å². The van der Waals surface area contributed by atoms with Crippen LogP contribution in [0.3, 0.4) is 0 Å². The number of thiophene rings is 1. The van der Waals surface area contributed by atoms with Crippen molar-refractivity contribution in [3.63, 3.8) is 0 Å². The van der Waals surface area contributed by atoms with Gasteiger partial charge in [-0.2, -0.15) is 0 Å². The predicted molar refractivity (Wildman–Crippen MR) is 163 cm³/mol. The van der Waals surface area contributed by atoms with Gasteiger partial charge in [-0.1, -0.05) is 52.0 Å². The second-order valence-corrected chi connectivity index (χ2v) is 16.8. The lowest BCUT2D eigenvalue weighted by atomic mass is 10.0. The molecule has 38 heavy (non-hydrogen) atoms. The van der Waals surface area contributed by atoms with Crippen molar-refractivity contribution in [1.29, 1.82) is 0 Å². The van der Waals surface area contributed by atoms with Crippen LogP contribution in [0.25, 0.3) is 21.3 Å². The highest BCUT2D eigenvalue weighted by Crippen LogP contribution is 2.41. The number of amides is 2. The minimum absolute atomic E-state index is 0.153. The van der Waals surface area contributed by atoms with Crippen molar-refractivity contribution >= 4 is 53.1 Å². The molecule has 2 heterocycles. The van der Waals surface area contributed by atoms with Gasteiger partial charge in [0.15, 0.2) is 8.32 Å². The number of nitrogens with zero attached hydrogens (tertiary/aromatic N) is 2. The molecular weight excluding hydrogens is 511 g/mol. The molecule has 0 saturated carbocycles. The number of nitrogens with two attached hydrogens (primary N) is 1. The number of aromatic nitrogens is 2. The maximum atomic E-state index is 12.6. The lowest BCUT2D eigenvalue weighted by Crippen LogP contribution is -2.41. The molecule has 4 rings (SSSR count). The van der Waals surface area contributed by atoms with Crippen molar-refractivity contribution < 1.29 is 9.22 Å². The molecule has 0 aliphatic rings. The quantitative estimate of drug-likeness (QED) is 0.196. The summed E-state index contributed by atoms with van der Waals surface area (Å²) in [4.78, 5) is 23.3. The summed E-state index contributed by atoms with van der Waals surface area (Å²) < 4.78 is 6.46. The summed E-state index contributed by atoms with van der Waals surface area (Å²) in [5.74, 6) is 0.466. The Morgan fingerprint density at radius 3 is 2.45 bits per heavy atom. The van der Waals surface area contributed by atoms with Gasteiger partial charge in [0.2, 0.25) is 0 Å². The zero-order valence-corrected chi connectivity index (χ0v) is 24.8. The third kappa shape index (κ3) is 6.23. The molecule has 200 valence electrons. The zero-order valence-electron chi connectivity index (χ0n) is 23.0. The second kappa shape index (κ2) is 11.2. The summed E-state index contributed by atoms with van der Waals surface area (Å²) in [6, 6.07) is 15.4. The van der Waals surface area contributed by atoms with Crippen LogP contribution in [-0.2, 0) is 17.3 Å². The van der Waals surface area contributed by atoms with E-state index in [1.165, 1.54) is 16.8 Å². The van der Waals surface area contributed by atoms with Crippen LogP contribution in [0.1, 0.15) is 38.1 Å². The molecule has 0 bridgehead atoms. The van der Waals surface area contributed by atoms with Gasteiger partial charge in [-0.3, -0.25) is 0 Å². The van der Waals surface area contributed by atoms with E-state index in [4.69, 9.17) is 10.2 Å². The molecule has 0 atom stereocenters. The minimum atomic E-state index is -1.86. The molecule has 0 aliphatic carbocycles. The maximum absolute atomic E-state index is 12.6. The van der Waals surface area contributed by atoms with Gasteiger partial charge in [0, 0.05) is 34.8 Å². The fourth-order valence-corrected chi connectivity index (χ4v) is 6.18. The van der Waals surface area contributed by atoms with Gasteiger partial charge in [-0.15, -0.1) is 11.3 Å². The summed E-state index contributed by atoms with van der Waals surface area (Å²) in [5.41, 5.74) is 11.0. The Morgan fingerprint density at radius 1 is 1.05 bits per heavy atom. The van der Waals surface area contributed by atoms with Crippen LogP contribution in [0.4, 0.5) is 22.0 Å². The van der Waals surface area contributed by atoms with E-state index in [9.17, 15) is 4.79 Å².